The molecule has 0 spiro atoms. The lowest BCUT2D eigenvalue weighted by atomic mass is 10.2. The quantitative estimate of drug-likeness (QED) is 0.248. The summed E-state index contributed by atoms with van der Waals surface area (Å²) in [6.07, 6.45) is 6.62. The van der Waals surface area contributed by atoms with E-state index in [1.54, 1.807) is 13.0 Å². The summed E-state index contributed by atoms with van der Waals surface area (Å²) < 4.78 is 4.82. The molecule has 0 aliphatic carbocycles. The van der Waals surface area contributed by atoms with Crippen molar-refractivity contribution in [2.45, 2.75) is 40.2 Å². The average molecular weight is 225 g/mol. The number of hydrogen-bond donors (Lipinski definition) is 2. The van der Waals surface area contributed by atoms with Crippen LogP contribution in [0.5, 0.6) is 0 Å². The number of nitrogens with one attached hydrogen (secondary N) is 1. The molecule has 0 aromatic carbocycles. The summed E-state index contributed by atoms with van der Waals surface area (Å²) in [7, 11) is 0. The molecule has 0 aromatic rings. The first-order valence-electron chi connectivity index (χ1n) is 5.42. The average Bonchev–Trinajstić information content (AvgIpc) is 2.28. The standard InChI is InChI=1S/C11H17NO2.C2H6/c1-4-11(13)6-5-9(2)7-8-14-10(3)12;1-2/h4-5,7-8,11-13H,1,6H2,2-3H3;1-2H3/b8-7+,9-5+,12-10?;. The molecule has 0 saturated carbocycles. The zero-order chi connectivity index (χ0) is 13.0. The monoisotopic (exact) mass is 225 g/mol. The first-order chi connectivity index (χ1) is 7.56. The zero-order valence-electron chi connectivity index (χ0n) is 10.7. The van der Waals surface area contributed by atoms with E-state index in [1.165, 1.54) is 12.3 Å². The molecule has 1 atom stereocenters. The van der Waals surface area contributed by atoms with E-state index in [2.05, 4.69) is 6.58 Å². The third-order valence-corrected chi connectivity index (χ3v) is 1.53. The van der Waals surface area contributed by atoms with Gasteiger partial charge in [0.1, 0.15) is 0 Å². The lowest BCUT2D eigenvalue weighted by Gasteiger charge is -2.00. The molecule has 0 saturated heterocycles. The van der Waals surface area contributed by atoms with E-state index >= 15 is 0 Å². The van der Waals surface area contributed by atoms with Crippen LogP contribution in [0.4, 0.5) is 0 Å². The van der Waals surface area contributed by atoms with Crippen molar-refractivity contribution < 1.29 is 9.84 Å². The number of rotatable bonds is 5. The third-order valence-electron chi connectivity index (χ3n) is 1.53. The van der Waals surface area contributed by atoms with Crippen LogP contribution >= 0.6 is 0 Å². The lowest BCUT2D eigenvalue weighted by molar-refractivity contribution is 0.227. The summed E-state index contributed by atoms with van der Waals surface area (Å²) in [4.78, 5) is 0. The highest BCUT2D eigenvalue weighted by Gasteiger charge is 1.93. The molecule has 0 fully saturated rings. The Morgan fingerprint density at radius 2 is 2.00 bits per heavy atom. The normalized spacial score (nSPS) is 12.7. The summed E-state index contributed by atoms with van der Waals surface area (Å²) in [5.74, 6) is 0.153. The van der Waals surface area contributed by atoms with E-state index in [0.29, 0.717) is 6.42 Å². The van der Waals surface area contributed by atoms with Gasteiger partial charge in [-0.05, 0) is 19.4 Å². The minimum Gasteiger partial charge on any atom is -0.452 e. The van der Waals surface area contributed by atoms with Crippen molar-refractivity contribution in [3.8, 4) is 0 Å². The second kappa shape index (κ2) is 11.7. The number of aliphatic hydroxyl groups is 1. The Balaban J connectivity index is 0. The molecule has 3 nitrogen and oxygen atoms in total. The molecule has 16 heavy (non-hydrogen) atoms. The largest absolute Gasteiger partial charge is 0.452 e. The molecule has 0 aliphatic heterocycles. The number of ether oxygens (including phenoxy) is 1. The van der Waals surface area contributed by atoms with Crippen LogP contribution in [-0.4, -0.2) is 17.1 Å². The van der Waals surface area contributed by atoms with E-state index in [9.17, 15) is 0 Å². The predicted octanol–water partition coefficient (Wildman–Crippen LogP) is 3.42. The van der Waals surface area contributed by atoms with Crippen molar-refractivity contribution >= 4 is 5.90 Å². The molecule has 2 N–H and O–H groups in total. The van der Waals surface area contributed by atoms with E-state index in [4.69, 9.17) is 15.3 Å². The van der Waals surface area contributed by atoms with Crippen LogP contribution in [-0.2, 0) is 4.74 Å². The third kappa shape index (κ3) is 12.7. The van der Waals surface area contributed by atoms with Crippen LogP contribution in [0.3, 0.4) is 0 Å². The van der Waals surface area contributed by atoms with Crippen molar-refractivity contribution in [3.05, 3.63) is 36.6 Å². The van der Waals surface area contributed by atoms with Gasteiger partial charge < -0.3 is 9.84 Å². The Hall–Kier alpha value is -1.35. The van der Waals surface area contributed by atoms with Crippen LogP contribution in [0.1, 0.15) is 34.1 Å². The summed E-state index contributed by atoms with van der Waals surface area (Å²) >= 11 is 0. The highest BCUT2D eigenvalue weighted by Crippen LogP contribution is 2.01. The molecule has 92 valence electrons. The lowest BCUT2D eigenvalue weighted by Crippen LogP contribution is -1.98. The molecule has 0 bridgehead atoms. The van der Waals surface area contributed by atoms with Crippen LogP contribution in [0.2, 0.25) is 0 Å². The zero-order valence-corrected chi connectivity index (χ0v) is 10.7. The van der Waals surface area contributed by atoms with Crippen molar-refractivity contribution in [1.29, 1.82) is 5.41 Å². The molecule has 0 radical (unpaired) electrons. The van der Waals surface area contributed by atoms with Gasteiger partial charge in [0.05, 0.1) is 12.4 Å². The smallest absolute Gasteiger partial charge is 0.183 e. The molecular weight excluding hydrogens is 202 g/mol. The highest BCUT2D eigenvalue weighted by atomic mass is 16.5. The molecule has 0 heterocycles. The molecule has 0 aromatic heterocycles. The number of aliphatic hydroxyl groups excluding tert-OH is 1. The fraction of sp³-hybridized carbons (Fsp3) is 0.462. The van der Waals surface area contributed by atoms with Crippen LogP contribution in [0.25, 0.3) is 0 Å². The second-order valence-corrected chi connectivity index (χ2v) is 2.96. The van der Waals surface area contributed by atoms with Crippen molar-refractivity contribution in [1.82, 2.24) is 0 Å². The maximum atomic E-state index is 9.17. The fourth-order valence-corrected chi connectivity index (χ4v) is 0.714. The van der Waals surface area contributed by atoms with Gasteiger partial charge in [0.2, 0.25) is 0 Å². The molecule has 3 heteroatoms. The van der Waals surface area contributed by atoms with Gasteiger partial charge in [0, 0.05) is 6.92 Å². The summed E-state index contributed by atoms with van der Waals surface area (Å²) in [5, 5.41) is 16.2. The van der Waals surface area contributed by atoms with Crippen molar-refractivity contribution in [2.24, 2.45) is 0 Å². The van der Waals surface area contributed by atoms with E-state index in [1.807, 2.05) is 26.8 Å². The Labute approximate surface area is 98.6 Å². The van der Waals surface area contributed by atoms with Gasteiger partial charge >= 0.3 is 0 Å². The van der Waals surface area contributed by atoms with Gasteiger partial charge in [-0.2, -0.15) is 0 Å². The Bertz CT molecular complexity index is 255. The molecule has 0 rings (SSSR count). The first-order valence-corrected chi connectivity index (χ1v) is 5.42. The minimum atomic E-state index is -0.497. The van der Waals surface area contributed by atoms with Crippen LogP contribution < -0.4 is 0 Å². The topological polar surface area (TPSA) is 53.3 Å². The summed E-state index contributed by atoms with van der Waals surface area (Å²) in [6, 6.07) is 0. The van der Waals surface area contributed by atoms with Gasteiger partial charge in [0.15, 0.2) is 5.90 Å². The maximum Gasteiger partial charge on any atom is 0.183 e. The Morgan fingerprint density at radius 3 is 2.44 bits per heavy atom. The van der Waals surface area contributed by atoms with Crippen LogP contribution in [0, 0.1) is 5.41 Å². The van der Waals surface area contributed by atoms with Gasteiger partial charge in [0.25, 0.3) is 0 Å². The Morgan fingerprint density at radius 1 is 1.44 bits per heavy atom. The molecular formula is C13H23NO2. The summed E-state index contributed by atoms with van der Waals surface area (Å²) in [6.45, 7) is 10.9. The maximum absolute atomic E-state index is 9.17. The minimum absolute atomic E-state index is 0.153. The molecule has 1 unspecified atom stereocenters. The van der Waals surface area contributed by atoms with Crippen molar-refractivity contribution in [2.75, 3.05) is 0 Å². The number of hydrogen-bond acceptors (Lipinski definition) is 3. The van der Waals surface area contributed by atoms with Gasteiger partial charge in [-0.1, -0.05) is 31.6 Å². The van der Waals surface area contributed by atoms with E-state index < -0.39 is 6.10 Å². The molecule has 0 aliphatic rings. The van der Waals surface area contributed by atoms with Gasteiger partial charge in [-0.3, -0.25) is 5.41 Å². The van der Waals surface area contributed by atoms with Gasteiger partial charge in [-0.15, -0.1) is 6.58 Å². The van der Waals surface area contributed by atoms with E-state index in [-0.39, 0.29) is 5.90 Å². The Kier molecular flexibility index (Phi) is 12.5. The SMILES string of the molecule is C=CC(O)C/C=C(C)/C=C/OC(C)=N.CC. The van der Waals surface area contributed by atoms with Crippen LogP contribution in [0.15, 0.2) is 36.6 Å². The first kappa shape index (κ1) is 17.1. The van der Waals surface area contributed by atoms with Gasteiger partial charge in [-0.25, -0.2) is 0 Å². The second-order valence-electron chi connectivity index (χ2n) is 2.96. The van der Waals surface area contributed by atoms with E-state index in [0.717, 1.165) is 5.57 Å². The summed E-state index contributed by atoms with van der Waals surface area (Å²) in [5.41, 5.74) is 0.979. The molecule has 0 amide bonds. The highest BCUT2D eigenvalue weighted by molar-refractivity contribution is 5.69. The predicted molar refractivity (Wildman–Crippen MR) is 69.6 cm³/mol. The number of allylic oxidation sites excluding steroid dienone is 2. The van der Waals surface area contributed by atoms with Crippen molar-refractivity contribution in [3.63, 3.8) is 0 Å². The fourth-order valence-electron chi connectivity index (χ4n) is 0.714.